The van der Waals surface area contributed by atoms with Crippen molar-refractivity contribution in [3.8, 4) is 28.3 Å². The molecule has 0 aliphatic rings. The second-order valence-electron chi connectivity index (χ2n) is 9.32. The van der Waals surface area contributed by atoms with Gasteiger partial charge in [-0.05, 0) is 49.4 Å². The van der Waals surface area contributed by atoms with Gasteiger partial charge in [0, 0.05) is 23.5 Å². The summed E-state index contributed by atoms with van der Waals surface area (Å²) in [5.74, 6) is 1.02. The van der Waals surface area contributed by atoms with E-state index < -0.39 is 6.10 Å². The maximum absolute atomic E-state index is 12.1. The highest BCUT2D eigenvalue weighted by molar-refractivity contribution is 5.74. The van der Waals surface area contributed by atoms with Gasteiger partial charge in [-0.2, -0.15) is 0 Å². The van der Waals surface area contributed by atoms with Crippen molar-refractivity contribution in [3.63, 3.8) is 0 Å². The first kappa shape index (κ1) is 27.4. The summed E-state index contributed by atoms with van der Waals surface area (Å²) in [6, 6.07) is 16.2. The topological polar surface area (TPSA) is 61.3 Å². The molecule has 0 fully saturated rings. The van der Waals surface area contributed by atoms with Gasteiger partial charge >= 0.3 is 5.97 Å². The summed E-state index contributed by atoms with van der Waals surface area (Å²) in [4.78, 5) is 21.3. The standard InChI is InChI=1S/C31H40N2O3/c1-4-6-8-10-12-25-13-15-27(16-14-25)30-32-22-28(23-33-30)26-17-19-29(20-18-26)36-24(3)31(34)35-21-11-9-7-5-2/h13-20,22-24H,4-12,21H2,1-3H3. The molecule has 2 aromatic carbocycles. The molecule has 5 nitrogen and oxygen atoms in total. The molecule has 192 valence electrons. The van der Waals surface area contributed by atoms with Crippen molar-refractivity contribution in [2.75, 3.05) is 6.61 Å². The van der Waals surface area contributed by atoms with E-state index in [0.717, 1.165) is 54.6 Å². The number of ether oxygens (including phenoxy) is 2. The summed E-state index contributed by atoms with van der Waals surface area (Å²) in [5, 5.41) is 0. The SMILES string of the molecule is CCCCCCOC(=O)C(C)Oc1ccc(-c2cnc(-c3ccc(CCCCCC)cc3)nc2)cc1. The Labute approximate surface area is 216 Å². The molecular weight excluding hydrogens is 448 g/mol. The van der Waals surface area contributed by atoms with Crippen LogP contribution in [0, 0.1) is 0 Å². The van der Waals surface area contributed by atoms with Gasteiger partial charge in [-0.1, -0.05) is 88.8 Å². The van der Waals surface area contributed by atoms with Crippen LogP contribution in [0.3, 0.4) is 0 Å². The highest BCUT2D eigenvalue weighted by Gasteiger charge is 2.16. The van der Waals surface area contributed by atoms with Crippen LogP contribution >= 0.6 is 0 Å². The maximum Gasteiger partial charge on any atom is 0.347 e. The highest BCUT2D eigenvalue weighted by atomic mass is 16.6. The van der Waals surface area contributed by atoms with Crippen LogP contribution in [0.5, 0.6) is 5.75 Å². The lowest BCUT2D eigenvalue weighted by atomic mass is 10.0. The molecule has 3 rings (SSSR count). The number of carbonyl (C=O) groups excluding carboxylic acids is 1. The zero-order valence-electron chi connectivity index (χ0n) is 22.0. The van der Waals surface area contributed by atoms with Crippen molar-refractivity contribution in [2.24, 2.45) is 0 Å². The van der Waals surface area contributed by atoms with E-state index in [-0.39, 0.29) is 5.97 Å². The lowest BCUT2D eigenvalue weighted by molar-refractivity contribution is -0.151. The van der Waals surface area contributed by atoms with Crippen LogP contribution in [0.15, 0.2) is 60.9 Å². The Hall–Kier alpha value is -3.21. The molecule has 0 saturated heterocycles. The number of hydrogen-bond acceptors (Lipinski definition) is 5. The molecule has 36 heavy (non-hydrogen) atoms. The number of nitrogens with zero attached hydrogens (tertiary/aromatic N) is 2. The summed E-state index contributed by atoms with van der Waals surface area (Å²) < 4.78 is 11.1. The molecule has 3 aromatic rings. The third-order valence-electron chi connectivity index (χ3n) is 6.26. The predicted octanol–water partition coefficient (Wildman–Crippen LogP) is 7.82. The quantitative estimate of drug-likeness (QED) is 0.161. The average molecular weight is 489 g/mol. The molecule has 0 spiro atoms. The Bertz CT molecular complexity index is 1030. The summed E-state index contributed by atoms with van der Waals surface area (Å²) in [6.45, 7) is 6.56. The molecule has 0 N–H and O–H groups in total. The molecule has 0 radical (unpaired) electrons. The molecule has 0 aliphatic heterocycles. The van der Waals surface area contributed by atoms with E-state index in [2.05, 4.69) is 48.1 Å². The van der Waals surface area contributed by atoms with Crippen LogP contribution < -0.4 is 4.74 Å². The number of benzene rings is 2. The van der Waals surface area contributed by atoms with Gasteiger partial charge in [0.25, 0.3) is 0 Å². The van der Waals surface area contributed by atoms with Gasteiger partial charge in [-0.25, -0.2) is 14.8 Å². The fraction of sp³-hybridized carbons (Fsp3) is 0.452. The van der Waals surface area contributed by atoms with Gasteiger partial charge in [0.05, 0.1) is 6.61 Å². The molecule has 0 amide bonds. The van der Waals surface area contributed by atoms with Crippen LogP contribution in [-0.2, 0) is 16.0 Å². The zero-order valence-corrected chi connectivity index (χ0v) is 22.0. The largest absolute Gasteiger partial charge is 0.479 e. The Balaban J connectivity index is 1.51. The van der Waals surface area contributed by atoms with E-state index in [0.29, 0.717) is 12.4 Å². The minimum absolute atomic E-state index is 0.330. The number of rotatable bonds is 15. The minimum atomic E-state index is -0.646. The Morgan fingerprint density at radius 3 is 2.00 bits per heavy atom. The molecule has 0 bridgehead atoms. The number of aryl methyl sites for hydroxylation is 1. The van der Waals surface area contributed by atoms with Gasteiger partial charge in [0.15, 0.2) is 11.9 Å². The zero-order chi connectivity index (χ0) is 25.6. The van der Waals surface area contributed by atoms with E-state index >= 15 is 0 Å². The first-order valence-electron chi connectivity index (χ1n) is 13.5. The average Bonchev–Trinajstić information content (AvgIpc) is 2.92. The Kier molecular flexibility index (Phi) is 11.4. The van der Waals surface area contributed by atoms with Crippen molar-refractivity contribution in [1.82, 2.24) is 9.97 Å². The van der Waals surface area contributed by atoms with Crippen LogP contribution in [-0.4, -0.2) is 28.6 Å². The molecule has 5 heteroatoms. The van der Waals surface area contributed by atoms with Crippen LogP contribution in [0.25, 0.3) is 22.5 Å². The third-order valence-corrected chi connectivity index (χ3v) is 6.26. The summed E-state index contributed by atoms with van der Waals surface area (Å²) in [5.41, 5.74) is 4.30. The normalized spacial score (nSPS) is 11.8. The number of esters is 1. The van der Waals surface area contributed by atoms with Crippen molar-refractivity contribution >= 4 is 5.97 Å². The highest BCUT2D eigenvalue weighted by Crippen LogP contribution is 2.24. The first-order valence-corrected chi connectivity index (χ1v) is 13.5. The fourth-order valence-electron chi connectivity index (χ4n) is 4.00. The van der Waals surface area contributed by atoms with Gasteiger partial charge in [-0.3, -0.25) is 0 Å². The molecular formula is C31H40N2O3. The van der Waals surface area contributed by atoms with Crippen molar-refractivity contribution in [3.05, 3.63) is 66.5 Å². The summed E-state index contributed by atoms with van der Waals surface area (Å²) in [6.07, 6.45) is 13.6. The fourth-order valence-corrected chi connectivity index (χ4v) is 4.00. The summed E-state index contributed by atoms with van der Waals surface area (Å²) in [7, 11) is 0. The van der Waals surface area contributed by atoms with Gasteiger partial charge in [0.2, 0.25) is 0 Å². The van der Waals surface area contributed by atoms with Gasteiger partial charge < -0.3 is 9.47 Å². The van der Waals surface area contributed by atoms with Crippen LogP contribution in [0.4, 0.5) is 0 Å². The Morgan fingerprint density at radius 1 is 0.750 bits per heavy atom. The number of unbranched alkanes of at least 4 members (excludes halogenated alkanes) is 6. The Morgan fingerprint density at radius 2 is 1.36 bits per heavy atom. The van der Waals surface area contributed by atoms with Crippen molar-refractivity contribution in [1.29, 1.82) is 0 Å². The van der Waals surface area contributed by atoms with Gasteiger partial charge in [-0.15, -0.1) is 0 Å². The van der Waals surface area contributed by atoms with Crippen molar-refractivity contribution in [2.45, 2.75) is 84.7 Å². The smallest absolute Gasteiger partial charge is 0.347 e. The van der Waals surface area contributed by atoms with Gasteiger partial charge in [0.1, 0.15) is 5.75 Å². The predicted molar refractivity (Wildman–Crippen MR) is 146 cm³/mol. The lowest BCUT2D eigenvalue weighted by Gasteiger charge is -2.14. The number of aromatic nitrogens is 2. The molecule has 0 aliphatic carbocycles. The molecule has 0 saturated carbocycles. The van der Waals surface area contributed by atoms with Crippen LogP contribution in [0.2, 0.25) is 0 Å². The van der Waals surface area contributed by atoms with Crippen molar-refractivity contribution < 1.29 is 14.3 Å². The van der Waals surface area contributed by atoms with E-state index in [1.54, 1.807) is 6.92 Å². The number of carbonyl (C=O) groups is 1. The molecule has 1 unspecified atom stereocenters. The minimum Gasteiger partial charge on any atom is -0.479 e. The molecule has 1 aromatic heterocycles. The van der Waals surface area contributed by atoms with E-state index in [9.17, 15) is 4.79 Å². The summed E-state index contributed by atoms with van der Waals surface area (Å²) >= 11 is 0. The second kappa shape index (κ2) is 15.0. The van der Waals surface area contributed by atoms with E-state index in [1.165, 1.54) is 31.2 Å². The van der Waals surface area contributed by atoms with Crippen LogP contribution in [0.1, 0.15) is 77.7 Å². The number of hydrogen-bond donors (Lipinski definition) is 0. The second-order valence-corrected chi connectivity index (χ2v) is 9.32. The molecule has 1 heterocycles. The molecule has 1 atom stereocenters. The van der Waals surface area contributed by atoms with E-state index in [1.807, 2.05) is 36.7 Å². The first-order chi connectivity index (χ1) is 17.6. The third kappa shape index (κ3) is 8.78. The lowest BCUT2D eigenvalue weighted by Crippen LogP contribution is -2.26. The monoisotopic (exact) mass is 488 g/mol. The van der Waals surface area contributed by atoms with E-state index in [4.69, 9.17) is 9.47 Å². The maximum atomic E-state index is 12.1.